The fraction of sp³-hybridized carbons (Fsp3) is 0.0909. The minimum absolute atomic E-state index is 0.334. The number of ether oxygens (including phenoxy) is 1. The van der Waals surface area contributed by atoms with Gasteiger partial charge < -0.3 is 4.74 Å². The van der Waals surface area contributed by atoms with Gasteiger partial charge in [-0.2, -0.15) is 0 Å². The van der Waals surface area contributed by atoms with Crippen molar-refractivity contribution in [1.82, 2.24) is 4.98 Å². The van der Waals surface area contributed by atoms with Crippen LogP contribution in [0.3, 0.4) is 0 Å². The maximum Gasteiger partial charge on any atom is 0.337 e. The third-order valence-electron chi connectivity index (χ3n) is 2.08. The third kappa shape index (κ3) is 1.99. The van der Waals surface area contributed by atoms with E-state index in [-0.39, 0.29) is 5.97 Å². The second-order valence-corrected chi connectivity index (χ2v) is 3.85. The van der Waals surface area contributed by atoms with Gasteiger partial charge in [0.1, 0.15) is 4.60 Å². The van der Waals surface area contributed by atoms with Crippen LogP contribution in [0.25, 0.3) is 10.9 Å². The molecule has 0 radical (unpaired) electrons. The van der Waals surface area contributed by atoms with Crippen LogP contribution < -0.4 is 0 Å². The summed E-state index contributed by atoms with van der Waals surface area (Å²) in [6.07, 6.45) is 0. The van der Waals surface area contributed by atoms with E-state index in [2.05, 4.69) is 25.7 Å². The molecule has 0 unspecified atom stereocenters. The van der Waals surface area contributed by atoms with Crippen molar-refractivity contribution in [3.05, 3.63) is 40.5 Å². The van der Waals surface area contributed by atoms with E-state index in [1.165, 1.54) is 7.11 Å². The molecule has 2 aromatic rings. The van der Waals surface area contributed by atoms with Crippen LogP contribution in [0.2, 0.25) is 0 Å². The van der Waals surface area contributed by atoms with Crippen LogP contribution in [0, 0.1) is 0 Å². The van der Waals surface area contributed by atoms with Crippen molar-refractivity contribution >= 4 is 32.8 Å². The average Bonchev–Trinajstić information content (AvgIpc) is 2.27. The Hall–Kier alpha value is -1.42. The number of fused-ring (bicyclic) bond motifs is 1. The Bertz CT molecular complexity index is 525. The van der Waals surface area contributed by atoms with Crippen molar-refractivity contribution in [3.8, 4) is 0 Å². The van der Waals surface area contributed by atoms with E-state index in [0.29, 0.717) is 5.56 Å². The molecule has 76 valence electrons. The lowest BCUT2D eigenvalue weighted by molar-refractivity contribution is 0.0601. The largest absolute Gasteiger partial charge is 0.465 e. The number of methoxy groups -OCH3 is 1. The molecule has 0 saturated carbocycles. The fourth-order valence-corrected chi connectivity index (χ4v) is 1.67. The quantitative estimate of drug-likeness (QED) is 0.588. The Morgan fingerprint density at radius 3 is 2.87 bits per heavy atom. The number of pyridine rings is 1. The molecule has 0 aliphatic rings. The molecule has 0 saturated heterocycles. The Kier molecular flexibility index (Phi) is 2.68. The summed E-state index contributed by atoms with van der Waals surface area (Å²) >= 11 is 3.29. The standard InChI is InChI=1S/C11H8BrNO2/c1-15-11(14)8-2-4-9-7(6-8)3-5-10(12)13-9/h2-6H,1H3. The molecule has 0 fully saturated rings. The van der Waals surface area contributed by atoms with Crippen LogP contribution in [0.15, 0.2) is 34.9 Å². The van der Waals surface area contributed by atoms with E-state index in [1.807, 2.05) is 12.1 Å². The van der Waals surface area contributed by atoms with Crippen LogP contribution in [-0.4, -0.2) is 18.1 Å². The summed E-state index contributed by atoms with van der Waals surface area (Å²) in [5.74, 6) is -0.334. The SMILES string of the molecule is COC(=O)c1ccc2nc(Br)ccc2c1. The second-order valence-electron chi connectivity index (χ2n) is 3.03. The first-order valence-electron chi connectivity index (χ1n) is 4.35. The molecule has 0 aliphatic heterocycles. The molecule has 0 N–H and O–H groups in total. The highest BCUT2D eigenvalue weighted by molar-refractivity contribution is 9.10. The number of halogens is 1. The van der Waals surface area contributed by atoms with Gasteiger partial charge in [-0.15, -0.1) is 0 Å². The minimum atomic E-state index is -0.334. The molecule has 0 atom stereocenters. The molecule has 1 heterocycles. The summed E-state index contributed by atoms with van der Waals surface area (Å²) in [6.45, 7) is 0. The summed E-state index contributed by atoms with van der Waals surface area (Å²) in [6, 6.07) is 9.00. The van der Waals surface area contributed by atoms with Gasteiger partial charge >= 0.3 is 5.97 Å². The van der Waals surface area contributed by atoms with Crippen LogP contribution in [0.1, 0.15) is 10.4 Å². The van der Waals surface area contributed by atoms with E-state index in [0.717, 1.165) is 15.5 Å². The predicted molar refractivity (Wildman–Crippen MR) is 60.8 cm³/mol. The molecule has 1 aromatic heterocycles. The number of carbonyl (C=O) groups is 1. The Labute approximate surface area is 95.2 Å². The van der Waals surface area contributed by atoms with Crippen molar-refractivity contribution in [3.63, 3.8) is 0 Å². The highest BCUT2D eigenvalue weighted by Gasteiger charge is 2.06. The van der Waals surface area contributed by atoms with Gasteiger partial charge in [0.15, 0.2) is 0 Å². The van der Waals surface area contributed by atoms with Gasteiger partial charge in [-0.05, 0) is 40.2 Å². The van der Waals surface area contributed by atoms with E-state index in [9.17, 15) is 4.79 Å². The van der Waals surface area contributed by atoms with Crippen LogP contribution in [-0.2, 0) is 4.74 Å². The molecule has 0 aliphatic carbocycles. The number of benzene rings is 1. The number of nitrogens with zero attached hydrogens (tertiary/aromatic N) is 1. The molecule has 0 bridgehead atoms. The van der Waals surface area contributed by atoms with Crippen molar-refractivity contribution in [1.29, 1.82) is 0 Å². The van der Waals surface area contributed by atoms with Crippen molar-refractivity contribution in [2.45, 2.75) is 0 Å². The van der Waals surface area contributed by atoms with E-state index < -0.39 is 0 Å². The number of rotatable bonds is 1. The Morgan fingerprint density at radius 2 is 2.13 bits per heavy atom. The smallest absolute Gasteiger partial charge is 0.337 e. The van der Waals surface area contributed by atoms with Crippen molar-refractivity contribution < 1.29 is 9.53 Å². The molecular formula is C11H8BrNO2. The minimum Gasteiger partial charge on any atom is -0.465 e. The van der Waals surface area contributed by atoms with Gasteiger partial charge in [0.05, 0.1) is 18.2 Å². The maximum atomic E-state index is 11.3. The average molecular weight is 266 g/mol. The second kappa shape index (κ2) is 3.98. The lowest BCUT2D eigenvalue weighted by Crippen LogP contribution is -2.00. The first kappa shape index (κ1) is 10.1. The predicted octanol–water partition coefficient (Wildman–Crippen LogP) is 2.78. The molecule has 3 nitrogen and oxygen atoms in total. The molecule has 0 amide bonds. The van der Waals surface area contributed by atoms with Gasteiger partial charge in [0.2, 0.25) is 0 Å². The van der Waals surface area contributed by atoms with E-state index in [1.54, 1.807) is 18.2 Å². The van der Waals surface area contributed by atoms with E-state index >= 15 is 0 Å². The first-order valence-corrected chi connectivity index (χ1v) is 5.14. The van der Waals surface area contributed by atoms with Gasteiger partial charge in [-0.3, -0.25) is 0 Å². The number of aromatic nitrogens is 1. The molecule has 0 spiro atoms. The zero-order valence-electron chi connectivity index (χ0n) is 8.03. The number of esters is 1. The Morgan fingerprint density at radius 1 is 1.33 bits per heavy atom. The lowest BCUT2D eigenvalue weighted by Gasteiger charge is -2.01. The normalized spacial score (nSPS) is 10.3. The summed E-state index contributed by atoms with van der Waals surface area (Å²) < 4.78 is 5.42. The fourth-order valence-electron chi connectivity index (χ4n) is 1.35. The van der Waals surface area contributed by atoms with Gasteiger partial charge in [-0.1, -0.05) is 6.07 Å². The van der Waals surface area contributed by atoms with Gasteiger partial charge in [0, 0.05) is 5.39 Å². The highest BCUT2D eigenvalue weighted by atomic mass is 79.9. The Balaban J connectivity index is 2.57. The van der Waals surface area contributed by atoms with Crippen molar-refractivity contribution in [2.75, 3.05) is 7.11 Å². The van der Waals surface area contributed by atoms with Crippen LogP contribution in [0.5, 0.6) is 0 Å². The maximum absolute atomic E-state index is 11.3. The third-order valence-corrected chi connectivity index (χ3v) is 2.52. The van der Waals surface area contributed by atoms with Crippen LogP contribution >= 0.6 is 15.9 Å². The number of hydrogen-bond acceptors (Lipinski definition) is 3. The lowest BCUT2D eigenvalue weighted by atomic mass is 10.1. The molecule has 15 heavy (non-hydrogen) atoms. The summed E-state index contributed by atoms with van der Waals surface area (Å²) in [5.41, 5.74) is 1.38. The van der Waals surface area contributed by atoms with Gasteiger partial charge in [-0.25, -0.2) is 9.78 Å². The summed E-state index contributed by atoms with van der Waals surface area (Å²) in [5, 5.41) is 0.918. The molecule has 4 heteroatoms. The topological polar surface area (TPSA) is 39.2 Å². The summed E-state index contributed by atoms with van der Waals surface area (Å²) in [7, 11) is 1.37. The highest BCUT2D eigenvalue weighted by Crippen LogP contribution is 2.17. The summed E-state index contributed by atoms with van der Waals surface area (Å²) in [4.78, 5) is 15.5. The zero-order chi connectivity index (χ0) is 10.8. The molecule has 2 rings (SSSR count). The first-order chi connectivity index (χ1) is 7.20. The van der Waals surface area contributed by atoms with Gasteiger partial charge in [0.25, 0.3) is 0 Å². The van der Waals surface area contributed by atoms with Crippen LogP contribution in [0.4, 0.5) is 0 Å². The molecule has 1 aromatic carbocycles. The monoisotopic (exact) mass is 265 g/mol. The van der Waals surface area contributed by atoms with E-state index in [4.69, 9.17) is 0 Å². The number of carbonyl (C=O) groups excluding carboxylic acids is 1. The van der Waals surface area contributed by atoms with Crippen molar-refractivity contribution in [2.24, 2.45) is 0 Å². The number of hydrogen-bond donors (Lipinski definition) is 0. The molecular weight excluding hydrogens is 258 g/mol. The zero-order valence-corrected chi connectivity index (χ0v) is 9.61.